The van der Waals surface area contributed by atoms with Gasteiger partial charge in [-0.1, -0.05) is 12.8 Å². The molecule has 0 spiro atoms. The maximum atomic E-state index is 11.9. The summed E-state index contributed by atoms with van der Waals surface area (Å²) in [4.78, 5) is 25.7. The van der Waals surface area contributed by atoms with Crippen LogP contribution in [0.5, 0.6) is 0 Å². The second kappa shape index (κ2) is 6.10. The minimum absolute atomic E-state index is 0.187. The van der Waals surface area contributed by atoms with Gasteiger partial charge in [0, 0.05) is 19.1 Å². The zero-order valence-electron chi connectivity index (χ0n) is 11.9. The number of amides is 3. The van der Waals surface area contributed by atoms with Gasteiger partial charge in [0.2, 0.25) is 5.91 Å². The highest BCUT2D eigenvalue weighted by Gasteiger charge is 2.36. The molecule has 0 aromatic carbocycles. The molecule has 0 aromatic heterocycles. The highest BCUT2D eigenvalue weighted by molar-refractivity contribution is 5.95. The van der Waals surface area contributed by atoms with Crippen LogP contribution in [0.1, 0.15) is 25.7 Å². The van der Waals surface area contributed by atoms with Gasteiger partial charge in [0.1, 0.15) is 0 Å². The molecule has 1 aliphatic carbocycles. The first kappa shape index (κ1) is 13.8. The molecule has 20 heavy (non-hydrogen) atoms. The Labute approximate surface area is 119 Å². The number of rotatable bonds is 3. The number of fused-ring (bicyclic) bond motifs is 1. The minimum atomic E-state index is -0.331. The zero-order valence-corrected chi connectivity index (χ0v) is 11.9. The molecule has 6 nitrogen and oxygen atoms in total. The monoisotopic (exact) mass is 280 g/mol. The molecule has 1 saturated carbocycles. The largest absolute Gasteiger partial charge is 0.335 e. The highest BCUT2D eigenvalue weighted by atomic mass is 16.2. The Kier molecular flexibility index (Phi) is 4.21. The molecule has 0 bridgehead atoms. The lowest BCUT2D eigenvalue weighted by atomic mass is 10.0. The number of nitrogens with one attached hydrogen (secondary N) is 3. The van der Waals surface area contributed by atoms with E-state index in [-0.39, 0.29) is 18.0 Å². The summed E-state index contributed by atoms with van der Waals surface area (Å²) in [6.45, 7) is 4.39. The van der Waals surface area contributed by atoms with Crippen LogP contribution in [0, 0.1) is 11.8 Å². The van der Waals surface area contributed by atoms with Crippen LogP contribution < -0.4 is 16.0 Å². The number of carbonyl (C=O) groups is 2. The van der Waals surface area contributed by atoms with Crippen LogP contribution in [0.2, 0.25) is 0 Å². The molecular formula is C14H24N4O2. The van der Waals surface area contributed by atoms with Crippen molar-refractivity contribution in [1.82, 2.24) is 20.9 Å². The van der Waals surface area contributed by atoms with E-state index >= 15 is 0 Å². The summed E-state index contributed by atoms with van der Waals surface area (Å²) in [5.74, 6) is 1.17. The molecule has 6 heteroatoms. The Balaban J connectivity index is 1.37. The molecule has 2 aliphatic heterocycles. The van der Waals surface area contributed by atoms with Crippen molar-refractivity contribution in [2.24, 2.45) is 11.8 Å². The summed E-state index contributed by atoms with van der Waals surface area (Å²) < 4.78 is 0. The third-order valence-corrected chi connectivity index (χ3v) is 4.78. The summed E-state index contributed by atoms with van der Waals surface area (Å²) in [5, 5.41) is 8.71. The molecule has 2 saturated heterocycles. The number of carbonyl (C=O) groups excluding carboxylic acids is 2. The first-order valence-corrected chi connectivity index (χ1v) is 7.74. The van der Waals surface area contributed by atoms with E-state index in [9.17, 15) is 9.59 Å². The Bertz CT molecular complexity index is 369. The molecule has 2 unspecified atom stereocenters. The number of likely N-dealkylation sites (tertiary alicyclic amines) is 1. The van der Waals surface area contributed by atoms with E-state index in [0.717, 1.165) is 39.0 Å². The van der Waals surface area contributed by atoms with Crippen molar-refractivity contribution in [3.63, 3.8) is 0 Å². The van der Waals surface area contributed by atoms with E-state index < -0.39 is 0 Å². The summed E-state index contributed by atoms with van der Waals surface area (Å²) in [6, 6.07) is -0.0806. The third-order valence-electron chi connectivity index (χ3n) is 4.78. The maximum absolute atomic E-state index is 11.9. The third kappa shape index (κ3) is 3.30. The van der Waals surface area contributed by atoms with Crippen molar-refractivity contribution in [3.05, 3.63) is 0 Å². The standard InChI is InChI=1S/C14H24N4O2/c19-13(17-14(20)16-12-3-1-2-4-12)9-18-7-10-5-15-6-11(10)8-18/h10-12,15H,1-9H2,(H2,16,17,19,20). The number of nitrogens with zero attached hydrogens (tertiary/aromatic N) is 1. The Morgan fingerprint density at radius 2 is 1.75 bits per heavy atom. The topological polar surface area (TPSA) is 73.5 Å². The molecule has 3 rings (SSSR count). The number of hydrogen-bond acceptors (Lipinski definition) is 4. The smallest absolute Gasteiger partial charge is 0.321 e. The number of hydrogen-bond donors (Lipinski definition) is 3. The molecule has 3 amide bonds. The second-order valence-electron chi connectivity index (χ2n) is 6.38. The predicted octanol–water partition coefficient (Wildman–Crippen LogP) is -0.0940. The quantitative estimate of drug-likeness (QED) is 0.675. The lowest BCUT2D eigenvalue weighted by molar-refractivity contribution is -0.121. The average molecular weight is 280 g/mol. The van der Waals surface area contributed by atoms with Crippen LogP contribution in [0.4, 0.5) is 4.79 Å². The lowest BCUT2D eigenvalue weighted by Gasteiger charge is -2.17. The fraction of sp³-hybridized carbons (Fsp3) is 0.857. The summed E-state index contributed by atoms with van der Waals surface area (Å²) in [5.41, 5.74) is 0. The van der Waals surface area contributed by atoms with E-state index in [0.29, 0.717) is 18.4 Å². The minimum Gasteiger partial charge on any atom is -0.335 e. The molecule has 0 aromatic rings. The molecule has 2 heterocycles. The van der Waals surface area contributed by atoms with E-state index in [1.165, 1.54) is 12.8 Å². The van der Waals surface area contributed by atoms with Gasteiger partial charge < -0.3 is 10.6 Å². The molecule has 3 aliphatic rings. The van der Waals surface area contributed by atoms with Crippen molar-refractivity contribution in [2.45, 2.75) is 31.7 Å². The van der Waals surface area contributed by atoms with E-state index in [1.807, 2.05) is 0 Å². The van der Waals surface area contributed by atoms with Crippen LogP contribution in [0.25, 0.3) is 0 Å². The van der Waals surface area contributed by atoms with Crippen LogP contribution in [-0.2, 0) is 4.79 Å². The Morgan fingerprint density at radius 3 is 2.40 bits per heavy atom. The maximum Gasteiger partial charge on any atom is 0.321 e. The zero-order chi connectivity index (χ0) is 13.9. The van der Waals surface area contributed by atoms with Crippen LogP contribution in [0.15, 0.2) is 0 Å². The molecule has 2 atom stereocenters. The first-order chi connectivity index (χ1) is 9.70. The van der Waals surface area contributed by atoms with Gasteiger partial charge in [0.05, 0.1) is 6.54 Å². The SMILES string of the molecule is O=C(CN1CC2CNCC2C1)NC(=O)NC1CCCC1. The molecular weight excluding hydrogens is 256 g/mol. The molecule has 0 radical (unpaired) electrons. The number of imide groups is 1. The summed E-state index contributed by atoms with van der Waals surface area (Å²) in [6.07, 6.45) is 4.40. The van der Waals surface area contributed by atoms with E-state index in [2.05, 4.69) is 20.9 Å². The van der Waals surface area contributed by atoms with Gasteiger partial charge in [-0.05, 0) is 37.8 Å². The molecule has 3 fully saturated rings. The van der Waals surface area contributed by atoms with Gasteiger partial charge in [0.25, 0.3) is 0 Å². The van der Waals surface area contributed by atoms with E-state index in [1.54, 1.807) is 0 Å². The normalized spacial score (nSPS) is 30.4. The van der Waals surface area contributed by atoms with Crippen molar-refractivity contribution in [1.29, 1.82) is 0 Å². The van der Waals surface area contributed by atoms with Crippen molar-refractivity contribution in [2.75, 3.05) is 32.7 Å². The van der Waals surface area contributed by atoms with Gasteiger partial charge in [-0.3, -0.25) is 15.0 Å². The first-order valence-electron chi connectivity index (χ1n) is 7.74. The predicted molar refractivity (Wildman–Crippen MR) is 75.2 cm³/mol. The average Bonchev–Trinajstić information content (AvgIpc) is 3.04. The second-order valence-corrected chi connectivity index (χ2v) is 6.38. The fourth-order valence-corrected chi connectivity index (χ4v) is 3.74. The Morgan fingerprint density at radius 1 is 1.10 bits per heavy atom. The van der Waals surface area contributed by atoms with Gasteiger partial charge in [-0.2, -0.15) is 0 Å². The summed E-state index contributed by atoms with van der Waals surface area (Å²) >= 11 is 0. The Hall–Kier alpha value is -1.14. The fourth-order valence-electron chi connectivity index (χ4n) is 3.74. The molecule has 112 valence electrons. The lowest BCUT2D eigenvalue weighted by Crippen LogP contribution is -2.47. The van der Waals surface area contributed by atoms with Crippen molar-refractivity contribution in [3.8, 4) is 0 Å². The summed E-state index contributed by atoms with van der Waals surface area (Å²) in [7, 11) is 0. The van der Waals surface area contributed by atoms with Crippen LogP contribution in [0.3, 0.4) is 0 Å². The van der Waals surface area contributed by atoms with Gasteiger partial charge in [0.15, 0.2) is 0 Å². The van der Waals surface area contributed by atoms with Gasteiger partial charge in [-0.25, -0.2) is 4.79 Å². The van der Waals surface area contributed by atoms with Crippen LogP contribution in [-0.4, -0.2) is 55.6 Å². The van der Waals surface area contributed by atoms with Crippen molar-refractivity contribution < 1.29 is 9.59 Å². The molecule has 3 N–H and O–H groups in total. The van der Waals surface area contributed by atoms with Crippen LogP contribution >= 0.6 is 0 Å². The van der Waals surface area contributed by atoms with Gasteiger partial charge >= 0.3 is 6.03 Å². The van der Waals surface area contributed by atoms with Gasteiger partial charge in [-0.15, -0.1) is 0 Å². The van der Waals surface area contributed by atoms with E-state index in [4.69, 9.17) is 0 Å². The van der Waals surface area contributed by atoms with Crippen molar-refractivity contribution >= 4 is 11.9 Å². The highest BCUT2D eigenvalue weighted by Crippen LogP contribution is 2.25. The number of urea groups is 1.